The molecule has 7 nitrogen and oxygen atoms in total. The fraction of sp³-hybridized carbons (Fsp3) is 0.292. The van der Waals surface area contributed by atoms with E-state index in [0.29, 0.717) is 6.42 Å². The molecule has 0 bridgehead atoms. The lowest BCUT2D eigenvalue weighted by atomic mass is 9.93. The number of aromatic nitrogens is 5. The van der Waals surface area contributed by atoms with E-state index in [1.165, 1.54) is 11.1 Å². The molecule has 0 saturated carbocycles. The zero-order valence-electron chi connectivity index (χ0n) is 17.8. The highest BCUT2D eigenvalue weighted by molar-refractivity contribution is 5.74. The molecule has 1 aliphatic heterocycles. The van der Waals surface area contributed by atoms with Gasteiger partial charge in [0.15, 0.2) is 0 Å². The Hall–Kier alpha value is -3.45. The zero-order valence-corrected chi connectivity index (χ0v) is 17.8. The first-order valence-corrected chi connectivity index (χ1v) is 10.6. The Labute approximate surface area is 181 Å². The molecule has 2 N–H and O–H groups in total. The molecule has 1 aliphatic rings. The number of aryl methyl sites for hydroxylation is 3. The number of hydrogen-bond acceptors (Lipinski definition) is 5. The molecule has 7 heteroatoms. The lowest BCUT2D eigenvalue weighted by molar-refractivity contribution is 0.299. The van der Waals surface area contributed by atoms with Gasteiger partial charge in [0, 0.05) is 43.2 Å². The molecule has 0 saturated heterocycles. The number of aliphatic hydroxyl groups is 1. The monoisotopic (exact) mass is 414 g/mol. The van der Waals surface area contributed by atoms with Gasteiger partial charge in [-0.15, -0.1) is 5.10 Å². The zero-order chi connectivity index (χ0) is 21.4. The van der Waals surface area contributed by atoms with Gasteiger partial charge in [-0.25, -0.2) is 4.68 Å². The molecule has 1 unspecified atom stereocenters. The summed E-state index contributed by atoms with van der Waals surface area (Å²) in [5.74, 6) is 0. The van der Waals surface area contributed by atoms with Crippen LogP contribution in [0.5, 0.6) is 0 Å². The topological polar surface area (TPSA) is 80.8 Å². The van der Waals surface area contributed by atoms with E-state index in [4.69, 9.17) is 5.11 Å². The second-order valence-electron chi connectivity index (χ2n) is 8.11. The van der Waals surface area contributed by atoms with E-state index in [1.54, 1.807) is 0 Å². The van der Waals surface area contributed by atoms with Crippen LogP contribution in [0, 0.1) is 6.92 Å². The summed E-state index contributed by atoms with van der Waals surface area (Å²) in [5, 5.41) is 25.9. The van der Waals surface area contributed by atoms with Gasteiger partial charge in [0.1, 0.15) is 0 Å². The van der Waals surface area contributed by atoms with Crippen molar-refractivity contribution in [2.24, 2.45) is 7.05 Å². The number of hydrogen-bond donors (Lipinski definition) is 2. The third-order valence-corrected chi connectivity index (χ3v) is 5.95. The van der Waals surface area contributed by atoms with Gasteiger partial charge < -0.3 is 10.4 Å². The summed E-state index contributed by atoms with van der Waals surface area (Å²) in [7, 11) is 1.94. The second-order valence-corrected chi connectivity index (χ2v) is 8.11. The number of aliphatic hydroxyl groups excluding tert-OH is 1. The van der Waals surface area contributed by atoms with Crippen LogP contribution in [0.1, 0.15) is 29.3 Å². The van der Waals surface area contributed by atoms with Crippen molar-refractivity contribution in [3.63, 3.8) is 0 Å². The molecule has 0 spiro atoms. The van der Waals surface area contributed by atoms with E-state index in [1.807, 2.05) is 35.7 Å². The van der Waals surface area contributed by atoms with E-state index in [-0.39, 0.29) is 12.6 Å². The van der Waals surface area contributed by atoms with E-state index in [0.717, 1.165) is 46.7 Å². The maximum Gasteiger partial charge on any atom is 0.0918 e. The van der Waals surface area contributed by atoms with Crippen LogP contribution >= 0.6 is 0 Å². The third kappa shape index (κ3) is 3.72. The van der Waals surface area contributed by atoms with Gasteiger partial charge in [-0.3, -0.25) is 4.68 Å². The summed E-state index contributed by atoms with van der Waals surface area (Å²) >= 11 is 0. The van der Waals surface area contributed by atoms with Gasteiger partial charge in [0.2, 0.25) is 0 Å². The van der Waals surface area contributed by atoms with E-state index in [9.17, 15) is 0 Å². The maximum atomic E-state index is 9.16. The fourth-order valence-corrected chi connectivity index (χ4v) is 4.36. The second kappa shape index (κ2) is 8.00. The molecule has 5 rings (SSSR count). The van der Waals surface area contributed by atoms with Gasteiger partial charge >= 0.3 is 0 Å². The van der Waals surface area contributed by atoms with Crippen molar-refractivity contribution in [2.45, 2.75) is 32.4 Å². The smallest absolute Gasteiger partial charge is 0.0918 e. The Balaban J connectivity index is 1.56. The van der Waals surface area contributed by atoms with Crippen LogP contribution in [0.25, 0.3) is 22.4 Å². The summed E-state index contributed by atoms with van der Waals surface area (Å²) in [4.78, 5) is 0. The van der Waals surface area contributed by atoms with E-state index < -0.39 is 0 Å². The summed E-state index contributed by atoms with van der Waals surface area (Å²) in [6.07, 6.45) is 5.52. The lowest BCUT2D eigenvalue weighted by Gasteiger charge is -2.21. The number of nitrogens with one attached hydrogen (secondary N) is 1. The number of nitrogens with zero attached hydrogens (tertiary/aromatic N) is 5. The molecule has 0 aliphatic carbocycles. The average molecular weight is 415 g/mol. The molecular weight excluding hydrogens is 388 g/mol. The van der Waals surface area contributed by atoms with E-state index >= 15 is 0 Å². The highest BCUT2D eigenvalue weighted by atomic mass is 16.2. The normalized spacial score (nSPS) is 15.3. The van der Waals surface area contributed by atoms with Crippen molar-refractivity contribution in [3.8, 4) is 22.4 Å². The number of anilines is 1. The first kappa shape index (κ1) is 19.5. The van der Waals surface area contributed by atoms with Gasteiger partial charge in [0.25, 0.3) is 0 Å². The molecule has 0 radical (unpaired) electrons. The van der Waals surface area contributed by atoms with Crippen molar-refractivity contribution in [2.75, 3.05) is 11.9 Å². The highest BCUT2D eigenvalue weighted by Crippen LogP contribution is 2.39. The number of fused-ring (bicyclic) bond motifs is 3. The largest absolute Gasteiger partial charge is 0.396 e. The first-order chi connectivity index (χ1) is 15.1. The van der Waals surface area contributed by atoms with Crippen LogP contribution in [0.4, 0.5) is 5.69 Å². The quantitative estimate of drug-likeness (QED) is 0.520. The molecule has 2 aromatic carbocycles. The fourth-order valence-electron chi connectivity index (χ4n) is 4.36. The Morgan fingerprint density at radius 1 is 1.13 bits per heavy atom. The Kier molecular flexibility index (Phi) is 5.03. The van der Waals surface area contributed by atoms with Crippen LogP contribution in [-0.4, -0.2) is 36.5 Å². The third-order valence-electron chi connectivity index (χ3n) is 5.95. The molecular formula is C24H26N6O. The van der Waals surface area contributed by atoms with Crippen LogP contribution in [-0.2, 0) is 20.0 Å². The molecule has 0 fully saturated rings. The van der Waals surface area contributed by atoms with Crippen LogP contribution in [0.15, 0.2) is 54.9 Å². The number of rotatable bonds is 5. The standard InChI is InChI=1S/C24H26N6O/c1-16-24-21-8-5-18(19-14-25-29(2)15-19)13-22(21)23(9-11-30(24)28-27-16)26-20-6-3-17(4-7-20)10-12-31/h3-8,13-15,23,26,31H,9-12H2,1-2H3. The van der Waals surface area contributed by atoms with E-state index in [2.05, 4.69) is 63.2 Å². The maximum absolute atomic E-state index is 9.16. The van der Waals surface area contributed by atoms with Gasteiger partial charge in [-0.2, -0.15) is 5.10 Å². The molecule has 2 aromatic heterocycles. The van der Waals surface area contributed by atoms with Gasteiger partial charge in [-0.1, -0.05) is 29.5 Å². The molecule has 0 amide bonds. The molecule has 31 heavy (non-hydrogen) atoms. The highest BCUT2D eigenvalue weighted by Gasteiger charge is 2.25. The molecule has 3 heterocycles. The van der Waals surface area contributed by atoms with Gasteiger partial charge in [-0.05, 0) is 54.7 Å². The van der Waals surface area contributed by atoms with Gasteiger partial charge in [0.05, 0.1) is 23.6 Å². The average Bonchev–Trinajstić information content (AvgIpc) is 3.33. The van der Waals surface area contributed by atoms with Crippen molar-refractivity contribution in [1.29, 1.82) is 0 Å². The van der Waals surface area contributed by atoms with Crippen LogP contribution in [0.3, 0.4) is 0 Å². The minimum atomic E-state index is 0.136. The predicted octanol–water partition coefficient (Wildman–Crippen LogP) is 3.75. The van der Waals surface area contributed by atoms with Crippen LogP contribution < -0.4 is 5.32 Å². The Morgan fingerprint density at radius 2 is 1.97 bits per heavy atom. The Morgan fingerprint density at radius 3 is 2.71 bits per heavy atom. The van der Waals surface area contributed by atoms with Crippen molar-refractivity contribution in [1.82, 2.24) is 24.8 Å². The molecule has 4 aromatic rings. The van der Waals surface area contributed by atoms with Crippen molar-refractivity contribution < 1.29 is 5.11 Å². The molecule has 1 atom stereocenters. The minimum absolute atomic E-state index is 0.136. The molecule has 158 valence electrons. The number of benzene rings is 2. The van der Waals surface area contributed by atoms with Crippen LogP contribution in [0.2, 0.25) is 0 Å². The summed E-state index contributed by atoms with van der Waals surface area (Å²) in [6, 6.07) is 15.1. The van der Waals surface area contributed by atoms with Crippen molar-refractivity contribution in [3.05, 3.63) is 71.7 Å². The lowest BCUT2D eigenvalue weighted by Crippen LogP contribution is -2.13. The summed E-state index contributed by atoms with van der Waals surface area (Å²) in [5.41, 5.74) is 8.90. The SMILES string of the molecule is Cc1nnn2c1-c1ccc(-c3cnn(C)c3)cc1C(Nc1ccc(CCO)cc1)CC2. The summed E-state index contributed by atoms with van der Waals surface area (Å²) in [6.45, 7) is 2.98. The first-order valence-electron chi connectivity index (χ1n) is 10.6. The van der Waals surface area contributed by atoms with Crippen molar-refractivity contribution >= 4 is 5.69 Å². The Bertz CT molecular complexity index is 1210. The minimum Gasteiger partial charge on any atom is -0.396 e. The predicted molar refractivity (Wildman–Crippen MR) is 121 cm³/mol. The summed E-state index contributed by atoms with van der Waals surface area (Å²) < 4.78 is 3.84.